The Bertz CT molecular complexity index is 618. The van der Waals surface area contributed by atoms with E-state index in [1.54, 1.807) is 0 Å². The topological polar surface area (TPSA) is 89.9 Å². The van der Waals surface area contributed by atoms with Crippen LogP contribution in [0.15, 0.2) is 12.2 Å². The Labute approximate surface area is 146 Å². The van der Waals surface area contributed by atoms with Crippen molar-refractivity contribution in [2.75, 3.05) is 6.26 Å². The average Bonchev–Trinajstić information content (AvgIpc) is 2.37. The van der Waals surface area contributed by atoms with Crippen molar-refractivity contribution < 1.29 is 26.9 Å². The molecule has 3 atom stereocenters. The molecule has 0 unspecified atom stereocenters. The minimum atomic E-state index is -3.87. The number of hydrogen-bond donors (Lipinski definition) is 1. The molecule has 0 aliphatic heterocycles. The molecule has 0 heterocycles. The third-order valence-electron chi connectivity index (χ3n) is 5.49. The van der Waals surface area contributed by atoms with Gasteiger partial charge in [-0.2, -0.15) is 8.42 Å². The van der Waals surface area contributed by atoms with Gasteiger partial charge < -0.3 is 9.53 Å². The van der Waals surface area contributed by atoms with Crippen molar-refractivity contribution in [3.63, 3.8) is 0 Å². The second-order valence-corrected chi connectivity index (χ2v) is 14.2. The molecular formula is C16H30O6SSi. The van der Waals surface area contributed by atoms with E-state index in [-0.39, 0.29) is 5.04 Å². The van der Waals surface area contributed by atoms with Crippen molar-refractivity contribution in [1.82, 2.24) is 0 Å². The van der Waals surface area contributed by atoms with Crippen LogP contribution >= 0.6 is 0 Å². The molecule has 1 N–H and O–H groups in total. The Morgan fingerprint density at radius 1 is 1.33 bits per heavy atom. The molecule has 0 saturated heterocycles. The van der Waals surface area contributed by atoms with Crippen LogP contribution in [0, 0.1) is 5.92 Å². The van der Waals surface area contributed by atoms with Crippen LogP contribution in [0.3, 0.4) is 0 Å². The SMILES string of the molecule is CC(C)C(C)(C)[Si](C)(C)O[C@H]1C=CC(=O)[C@](C)(O)[C@H]1OS(C)(=O)=O. The quantitative estimate of drug-likeness (QED) is 0.563. The van der Waals surface area contributed by atoms with Gasteiger partial charge in [-0.05, 0) is 37.0 Å². The second kappa shape index (κ2) is 6.64. The van der Waals surface area contributed by atoms with E-state index >= 15 is 0 Å². The van der Waals surface area contributed by atoms with Crippen LogP contribution in [-0.4, -0.2) is 51.7 Å². The summed E-state index contributed by atoms with van der Waals surface area (Å²) in [7, 11) is -6.20. The highest BCUT2D eigenvalue weighted by molar-refractivity contribution is 7.86. The third-order valence-corrected chi connectivity index (χ3v) is 10.6. The molecule has 1 aliphatic carbocycles. The third kappa shape index (κ3) is 4.35. The zero-order valence-corrected chi connectivity index (χ0v) is 17.6. The molecule has 0 bridgehead atoms. The standard InChI is InChI=1S/C16H30O6SSi/c1-11(2)15(3,4)24(7,8)22-12-9-10-13(17)16(5,18)14(12)21-23(6,19)20/h9-12,14,18H,1-8H3/t12-,14-,16-/m0/s1. The summed E-state index contributed by atoms with van der Waals surface area (Å²) in [6, 6.07) is 0. The van der Waals surface area contributed by atoms with Gasteiger partial charge in [-0.25, -0.2) is 0 Å². The number of carbonyl (C=O) groups excluding carboxylic acids is 1. The minimum Gasteiger partial charge on any atom is -0.408 e. The van der Waals surface area contributed by atoms with Gasteiger partial charge in [0.15, 0.2) is 19.7 Å². The number of carbonyl (C=O) groups is 1. The van der Waals surface area contributed by atoms with Crippen molar-refractivity contribution in [2.45, 2.75) is 70.6 Å². The maximum Gasteiger partial charge on any atom is 0.264 e. The first-order valence-electron chi connectivity index (χ1n) is 8.03. The zero-order chi connectivity index (χ0) is 19.1. The number of aliphatic hydroxyl groups is 1. The summed E-state index contributed by atoms with van der Waals surface area (Å²) < 4.78 is 34.5. The normalized spacial score (nSPS) is 29.3. The average molecular weight is 379 g/mol. The van der Waals surface area contributed by atoms with Gasteiger partial charge in [0.25, 0.3) is 10.1 Å². The van der Waals surface area contributed by atoms with E-state index in [1.165, 1.54) is 19.1 Å². The van der Waals surface area contributed by atoms with E-state index in [0.29, 0.717) is 5.92 Å². The Morgan fingerprint density at radius 3 is 2.25 bits per heavy atom. The van der Waals surface area contributed by atoms with E-state index in [1.807, 2.05) is 13.1 Å². The number of hydrogen-bond acceptors (Lipinski definition) is 6. The molecule has 140 valence electrons. The Hall–Kier alpha value is -0.543. The zero-order valence-electron chi connectivity index (χ0n) is 15.8. The summed E-state index contributed by atoms with van der Waals surface area (Å²) >= 11 is 0. The smallest absolute Gasteiger partial charge is 0.264 e. The fraction of sp³-hybridized carbons (Fsp3) is 0.812. The van der Waals surface area contributed by atoms with Crippen molar-refractivity contribution in [3.05, 3.63) is 12.2 Å². The molecule has 0 saturated carbocycles. The maximum absolute atomic E-state index is 12.0. The monoisotopic (exact) mass is 378 g/mol. The van der Waals surface area contributed by atoms with Crippen LogP contribution in [-0.2, 0) is 23.5 Å². The summed E-state index contributed by atoms with van der Waals surface area (Å²) in [6.07, 6.45) is 1.50. The Kier molecular flexibility index (Phi) is 5.95. The highest BCUT2D eigenvalue weighted by atomic mass is 32.2. The molecule has 0 radical (unpaired) electrons. The van der Waals surface area contributed by atoms with Crippen LogP contribution < -0.4 is 0 Å². The van der Waals surface area contributed by atoms with Crippen LogP contribution in [0.4, 0.5) is 0 Å². The molecule has 24 heavy (non-hydrogen) atoms. The van der Waals surface area contributed by atoms with Crippen molar-refractivity contribution in [3.8, 4) is 0 Å². The van der Waals surface area contributed by atoms with Gasteiger partial charge in [0.1, 0.15) is 6.10 Å². The molecule has 0 spiro atoms. The fourth-order valence-electron chi connectivity index (χ4n) is 2.54. The van der Waals surface area contributed by atoms with E-state index in [4.69, 9.17) is 8.61 Å². The summed E-state index contributed by atoms with van der Waals surface area (Å²) in [6.45, 7) is 13.8. The minimum absolute atomic E-state index is 0.107. The molecule has 1 aliphatic rings. The molecule has 0 aromatic rings. The second-order valence-electron chi connectivity index (χ2n) is 8.06. The van der Waals surface area contributed by atoms with Crippen molar-refractivity contribution in [2.24, 2.45) is 5.92 Å². The molecule has 1 rings (SSSR count). The predicted octanol–water partition coefficient (Wildman–Crippen LogP) is 2.25. The maximum atomic E-state index is 12.0. The van der Waals surface area contributed by atoms with Gasteiger partial charge >= 0.3 is 0 Å². The first-order valence-corrected chi connectivity index (χ1v) is 12.8. The summed E-state index contributed by atoms with van der Waals surface area (Å²) in [5.41, 5.74) is -1.96. The summed E-state index contributed by atoms with van der Waals surface area (Å²) in [4.78, 5) is 12.0. The number of ketones is 1. The lowest BCUT2D eigenvalue weighted by molar-refractivity contribution is -0.147. The van der Waals surface area contributed by atoms with Gasteiger partial charge in [-0.15, -0.1) is 0 Å². The highest BCUT2D eigenvalue weighted by Crippen LogP contribution is 2.46. The first-order chi connectivity index (χ1) is 10.5. The highest BCUT2D eigenvalue weighted by Gasteiger charge is 2.52. The first kappa shape index (κ1) is 21.5. The molecule has 0 amide bonds. The van der Waals surface area contributed by atoms with Gasteiger partial charge in [0.05, 0.1) is 12.4 Å². The van der Waals surface area contributed by atoms with Gasteiger partial charge in [-0.1, -0.05) is 33.8 Å². The summed E-state index contributed by atoms with van der Waals surface area (Å²) in [5.74, 6) is -0.248. The van der Waals surface area contributed by atoms with E-state index in [2.05, 4.69) is 27.7 Å². The van der Waals surface area contributed by atoms with Crippen LogP contribution in [0.1, 0.15) is 34.6 Å². The molecule has 8 heteroatoms. The van der Waals surface area contributed by atoms with Crippen LogP contribution in [0.25, 0.3) is 0 Å². The Morgan fingerprint density at radius 2 is 1.83 bits per heavy atom. The van der Waals surface area contributed by atoms with Gasteiger partial charge in [-0.3, -0.25) is 8.98 Å². The van der Waals surface area contributed by atoms with Crippen LogP contribution in [0.2, 0.25) is 18.1 Å². The molecular weight excluding hydrogens is 348 g/mol. The summed E-state index contributed by atoms with van der Waals surface area (Å²) in [5, 5.41) is 10.4. The van der Waals surface area contributed by atoms with E-state index < -0.39 is 42.0 Å². The lowest BCUT2D eigenvalue weighted by Crippen LogP contribution is -2.59. The van der Waals surface area contributed by atoms with Crippen molar-refractivity contribution >= 4 is 24.2 Å². The number of rotatable bonds is 6. The molecule has 0 aromatic carbocycles. The lowest BCUT2D eigenvalue weighted by Gasteiger charge is -2.47. The Balaban J connectivity index is 3.24. The van der Waals surface area contributed by atoms with E-state index in [9.17, 15) is 18.3 Å². The molecule has 6 nitrogen and oxygen atoms in total. The predicted molar refractivity (Wildman–Crippen MR) is 95.7 cm³/mol. The molecule has 0 aromatic heterocycles. The van der Waals surface area contributed by atoms with Gasteiger partial charge in [0, 0.05) is 0 Å². The molecule has 0 fully saturated rings. The van der Waals surface area contributed by atoms with Crippen LogP contribution in [0.5, 0.6) is 0 Å². The lowest BCUT2D eigenvalue weighted by atomic mass is 9.85. The van der Waals surface area contributed by atoms with Crippen molar-refractivity contribution in [1.29, 1.82) is 0 Å². The fourth-order valence-corrected chi connectivity index (χ4v) is 5.79. The van der Waals surface area contributed by atoms with E-state index in [0.717, 1.165) is 6.26 Å². The van der Waals surface area contributed by atoms with Gasteiger partial charge in [0.2, 0.25) is 0 Å². The largest absolute Gasteiger partial charge is 0.408 e.